The average Bonchev–Trinajstić information content (AvgIpc) is 2.72. The van der Waals surface area contributed by atoms with Gasteiger partial charge in [0, 0.05) is 24.8 Å². The number of nitrogens with two attached hydrogens (primary N) is 1. The molecule has 3 aromatic carbocycles. The Labute approximate surface area is 165 Å². The predicted molar refractivity (Wildman–Crippen MR) is 113 cm³/mol. The van der Waals surface area contributed by atoms with Gasteiger partial charge >= 0.3 is 0 Å². The second-order valence-electron chi connectivity index (χ2n) is 6.56. The molecule has 28 heavy (non-hydrogen) atoms. The van der Waals surface area contributed by atoms with Crippen LogP contribution in [0.25, 0.3) is 0 Å². The molecule has 0 unspecified atom stereocenters. The largest absolute Gasteiger partial charge is 0.399 e. The van der Waals surface area contributed by atoms with Crippen LogP contribution >= 0.6 is 0 Å². The lowest BCUT2D eigenvalue weighted by Crippen LogP contribution is -2.39. The number of benzene rings is 3. The van der Waals surface area contributed by atoms with Crippen LogP contribution in [0.3, 0.4) is 0 Å². The molecule has 3 aromatic rings. The second-order valence-corrected chi connectivity index (χ2v) is 6.56. The third kappa shape index (κ3) is 5.44. The van der Waals surface area contributed by atoms with E-state index in [4.69, 9.17) is 16.0 Å². The SMILES string of the molecule is CN(Cc1cccc(C#N)c1)NC(=NCc1ccccc1)c1cccc(N)c1. The summed E-state index contributed by atoms with van der Waals surface area (Å²) >= 11 is 0. The molecule has 0 bridgehead atoms. The van der Waals surface area contributed by atoms with Crippen molar-refractivity contribution >= 4 is 11.5 Å². The monoisotopic (exact) mass is 369 g/mol. The molecule has 0 saturated heterocycles. The summed E-state index contributed by atoms with van der Waals surface area (Å²) in [5.74, 6) is 0.745. The van der Waals surface area contributed by atoms with Crippen LogP contribution in [0.4, 0.5) is 5.69 Å². The van der Waals surface area contributed by atoms with Crippen molar-refractivity contribution in [1.82, 2.24) is 10.4 Å². The first-order chi connectivity index (χ1) is 13.6. The van der Waals surface area contributed by atoms with E-state index in [1.54, 1.807) is 6.07 Å². The fourth-order valence-electron chi connectivity index (χ4n) is 2.86. The van der Waals surface area contributed by atoms with Gasteiger partial charge in [-0.3, -0.25) is 4.99 Å². The maximum Gasteiger partial charge on any atom is 0.143 e. The van der Waals surface area contributed by atoms with E-state index in [9.17, 15) is 0 Å². The molecule has 0 amide bonds. The molecule has 3 N–H and O–H groups in total. The van der Waals surface area contributed by atoms with Gasteiger partial charge < -0.3 is 11.2 Å². The van der Waals surface area contributed by atoms with Gasteiger partial charge in [-0.25, -0.2) is 5.01 Å². The van der Waals surface area contributed by atoms with E-state index in [2.05, 4.69) is 23.6 Å². The van der Waals surface area contributed by atoms with Crippen LogP contribution in [0.5, 0.6) is 0 Å². The molecular weight excluding hydrogens is 346 g/mol. The first-order valence-electron chi connectivity index (χ1n) is 9.05. The van der Waals surface area contributed by atoms with Crippen molar-refractivity contribution in [2.75, 3.05) is 12.8 Å². The maximum atomic E-state index is 9.08. The van der Waals surface area contributed by atoms with Crippen molar-refractivity contribution in [3.63, 3.8) is 0 Å². The summed E-state index contributed by atoms with van der Waals surface area (Å²) in [6.45, 7) is 1.19. The van der Waals surface area contributed by atoms with E-state index in [-0.39, 0.29) is 0 Å². The molecule has 140 valence electrons. The van der Waals surface area contributed by atoms with Crippen LogP contribution in [0, 0.1) is 11.3 Å². The van der Waals surface area contributed by atoms with Gasteiger partial charge in [0.05, 0.1) is 18.2 Å². The topological polar surface area (TPSA) is 77.4 Å². The van der Waals surface area contributed by atoms with Crippen molar-refractivity contribution in [1.29, 1.82) is 5.26 Å². The Morgan fingerprint density at radius 1 is 1.00 bits per heavy atom. The molecule has 0 saturated carbocycles. The summed E-state index contributed by atoms with van der Waals surface area (Å²) < 4.78 is 0. The van der Waals surface area contributed by atoms with E-state index < -0.39 is 0 Å². The Hall–Kier alpha value is -3.62. The fourth-order valence-corrected chi connectivity index (χ4v) is 2.86. The zero-order valence-electron chi connectivity index (χ0n) is 15.8. The summed E-state index contributed by atoms with van der Waals surface area (Å²) in [6.07, 6.45) is 0. The molecule has 0 fully saturated rings. The normalized spacial score (nSPS) is 11.2. The summed E-state index contributed by atoms with van der Waals surface area (Å²) in [5, 5.41) is 11.0. The quantitative estimate of drug-likeness (QED) is 0.300. The van der Waals surface area contributed by atoms with Crippen molar-refractivity contribution in [2.45, 2.75) is 13.1 Å². The van der Waals surface area contributed by atoms with Crippen molar-refractivity contribution in [2.24, 2.45) is 4.99 Å². The predicted octanol–water partition coefficient (Wildman–Crippen LogP) is 3.72. The van der Waals surface area contributed by atoms with Crippen molar-refractivity contribution in [3.05, 3.63) is 101 Å². The maximum absolute atomic E-state index is 9.08. The Morgan fingerprint density at radius 2 is 1.75 bits per heavy atom. The number of nitrogens with zero attached hydrogens (tertiary/aromatic N) is 3. The molecule has 5 heteroatoms. The van der Waals surface area contributed by atoms with Crippen LogP contribution in [-0.4, -0.2) is 17.9 Å². The molecule has 0 aliphatic rings. The van der Waals surface area contributed by atoms with Crippen LogP contribution in [0.2, 0.25) is 0 Å². The molecule has 0 heterocycles. The van der Waals surface area contributed by atoms with Crippen molar-refractivity contribution in [3.8, 4) is 6.07 Å². The molecule has 0 aliphatic carbocycles. The average molecular weight is 369 g/mol. The molecule has 0 aromatic heterocycles. The van der Waals surface area contributed by atoms with E-state index in [1.165, 1.54) is 0 Å². The highest BCUT2D eigenvalue weighted by molar-refractivity contribution is 5.99. The minimum Gasteiger partial charge on any atom is -0.399 e. The van der Waals surface area contributed by atoms with E-state index >= 15 is 0 Å². The third-order valence-electron chi connectivity index (χ3n) is 4.20. The Kier molecular flexibility index (Phi) is 6.40. The zero-order valence-corrected chi connectivity index (χ0v) is 15.8. The molecule has 0 aliphatic heterocycles. The summed E-state index contributed by atoms with van der Waals surface area (Å²) in [4.78, 5) is 4.78. The summed E-state index contributed by atoms with van der Waals surface area (Å²) in [7, 11) is 1.95. The molecule has 0 atom stereocenters. The Morgan fingerprint density at radius 3 is 2.50 bits per heavy atom. The molecule has 5 nitrogen and oxygen atoms in total. The highest BCUT2D eigenvalue weighted by Crippen LogP contribution is 2.10. The lowest BCUT2D eigenvalue weighted by Gasteiger charge is -2.21. The van der Waals surface area contributed by atoms with Crippen LogP contribution in [-0.2, 0) is 13.1 Å². The van der Waals surface area contributed by atoms with E-state index in [1.807, 2.05) is 72.7 Å². The highest BCUT2D eigenvalue weighted by Gasteiger charge is 2.08. The number of hydrogen-bond acceptors (Lipinski definition) is 4. The fraction of sp³-hybridized carbons (Fsp3) is 0.130. The number of nitrogens with one attached hydrogen (secondary N) is 1. The van der Waals surface area contributed by atoms with Gasteiger partial charge in [-0.15, -0.1) is 0 Å². The minimum atomic E-state index is 0.565. The van der Waals surface area contributed by atoms with Gasteiger partial charge in [-0.1, -0.05) is 54.6 Å². The van der Waals surface area contributed by atoms with E-state index in [0.717, 1.165) is 22.5 Å². The number of anilines is 1. The number of hydrogen-bond donors (Lipinski definition) is 2. The summed E-state index contributed by atoms with van der Waals surface area (Å²) in [6, 6.07) is 27.5. The second kappa shape index (κ2) is 9.36. The molecule has 0 radical (unpaired) electrons. The lowest BCUT2D eigenvalue weighted by molar-refractivity contribution is 0.284. The number of nitriles is 1. The van der Waals surface area contributed by atoms with Gasteiger partial charge in [0.1, 0.15) is 5.84 Å². The lowest BCUT2D eigenvalue weighted by atomic mass is 10.1. The van der Waals surface area contributed by atoms with Crippen LogP contribution in [0.1, 0.15) is 22.3 Å². The third-order valence-corrected chi connectivity index (χ3v) is 4.20. The Bertz CT molecular complexity index is 989. The number of rotatable bonds is 6. The van der Waals surface area contributed by atoms with Crippen LogP contribution < -0.4 is 11.2 Å². The molecule has 3 rings (SSSR count). The smallest absolute Gasteiger partial charge is 0.143 e. The van der Waals surface area contributed by atoms with Gasteiger partial charge in [-0.05, 0) is 35.4 Å². The van der Waals surface area contributed by atoms with Crippen molar-refractivity contribution < 1.29 is 0 Å². The Balaban J connectivity index is 1.79. The van der Waals surface area contributed by atoms with Gasteiger partial charge in [0.2, 0.25) is 0 Å². The number of nitrogen functional groups attached to an aromatic ring is 1. The first-order valence-corrected chi connectivity index (χ1v) is 9.05. The first kappa shape index (κ1) is 19.2. The number of aliphatic imine (C=N–C) groups is 1. The van der Waals surface area contributed by atoms with E-state index in [0.29, 0.717) is 24.3 Å². The highest BCUT2D eigenvalue weighted by atomic mass is 15.5. The number of amidine groups is 1. The minimum absolute atomic E-state index is 0.565. The van der Waals surface area contributed by atoms with Gasteiger partial charge in [0.25, 0.3) is 0 Å². The number of hydrazine groups is 1. The van der Waals surface area contributed by atoms with Gasteiger partial charge in [0.15, 0.2) is 0 Å². The zero-order chi connectivity index (χ0) is 19.8. The van der Waals surface area contributed by atoms with Gasteiger partial charge in [-0.2, -0.15) is 5.26 Å². The molecule has 0 spiro atoms. The summed E-state index contributed by atoms with van der Waals surface area (Å²) in [5.41, 5.74) is 13.8. The van der Waals surface area contributed by atoms with Crippen LogP contribution in [0.15, 0.2) is 83.9 Å². The molecular formula is C23H23N5. The standard InChI is InChI=1S/C23H23N5/c1-28(17-20-10-5-9-19(13-20)15-24)27-23(21-11-6-12-22(25)14-21)26-16-18-7-3-2-4-8-18/h2-14H,16-17,25H2,1H3,(H,26,27).